The lowest BCUT2D eigenvalue weighted by Gasteiger charge is -2.07. The fraction of sp³-hybridized carbons (Fsp3) is 0.400. The Morgan fingerprint density at radius 2 is 2.44 bits per heavy atom. The van der Waals surface area contributed by atoms with Crippen LogP contribution in [0.15, 0.2) is 12.3 Å². The van der Waals surface area contributed by atoms with Crippen LogP contribution in [0.2, 0.25) is 5.02 Å². The highest BCUT2D eigenvalue weighted by molar-refractivity contribution is 6.32. The first-order chi connectivity index (χ1) is 7.65. The van der Waals surface area contributed by atoms with Gasteiger partial charge in [-0.25, -0.2) is 9.78 Å². The van der Waals surface area contributed by atoms with E-state index in [1.54, 1.807) is 6.07 Å². The minimum Gasteiger partial charge on any atom is -0.476 e. The number of hydrogen-bond donors (Lipinski definition) is 2. The molecule has 16 heavy (non-hydrogen) atoms. The van der Waals surface area contributed by atoms with Gasteiger partial charge in [-0.2, -0.15) is 0 Å². The number of urea groups is 1. The Morgan fingerprint density at radius 3 is 3.00 bits per heavy atom. The highest BCUT2D eigenvalue weighted by Gasteiger charge is 2.22. The summed E-state index contributed by atoms with van der Waals surface area (Å²) in [5.74, 6) is 1.03. The molecule has 1 aliphatic rings. The summed E-state index contributed by atoms with van der Waals surface area (Å²) >= 11 is 5.94. The van der Waals surface area contributed by atoms with Crippen molar-refractivity contribution in [3.8, 4) is 5.88 Å². The van der Waals surface area contributed by atoms with Gasteiger partial charge >= 0.3 is 6.03 Å². The average Bonchev–Trinajstić information content (AvgIpc) is 2.99. The number of rotatable bonds is 4. The third-order valence-electron chi connectivity index (χ3n) is 2.23. The maximum Gasteiger partial charge on any atom is 0.316 e. The summed E-state index contributed by atoms with van der Waals surface area (Å²) in [7, 11) is 0. The highest BCUT2D eigenvalue weighted by Crippen LogP contribution is 2.31. The Balaban J connectivity index is 2.00. The first kappa shape index (κ1) is 11.0. The van der Waals surface area contributed by atoms with Crippen LogP contribution in [0.25, 0.3) is 0 Å². The molecule has 1 saturated carbocycles. The van der Waals surface area contributed by atoms with Crippen molar-refractivity contribution in [1.29, 1.82) is 0 Å². The van der Waals surface area contributed by atoms with E-state index in [1.165, 1.54) is 19.0 Å². The molecule has 0 atom stereocenters. The lowest BCUT2D eigenvalue weighted by atomic mass is 10.4. The molecule has 1 aromatic rings. The van der Waals surface area contributed by atoms with Crippen LogP contribution in [0.3, 0.4) is 0 Å². The van der Waals surface area contributed by atoms with Gasteiger partial charge in [0, 0.05) is 0 Å². The number of carbonyl (C=O) groups is 1. The highest BCUT2D eigenvalue weighted by atomic mass is 35.5. The molecule has 2 amide bonds. The molecule has 1 aliphatic carbocycles. The summed E-state index contributed by atoms with van der Waals surface area (Å²) in [6.45, 7) is 0.648. The van der Waals surface area contributed by atoms with Crippen LogP contribution in [0.5, 0.6) is 5.88 Å². The lowest BCUT2D eigenvalue weighted by Crippen LogP contribution is -2.19. The van der Waals surface area contributed by atoms with Crippen LogP contribution < -0.4 is 15.8 Å². The molecule has 5 nitrogen and oxygen atoms in total. The number of hydrogen-bond acceptors (Lipinski definition) is 3. The van der Waals surface area contributed by atoms with Gasteiger partial charge < -0.3 is 15.8 Å². The number of aromatic nitrogens is 1. The van der Waals surface area contributed by atoms with Crippen LogP contribution in [-0.2, 0) is 0 Å². The van der Waals surface area contributed by atoms with Crippen LogP contribution in [0.4, 0.5) is 10.5 Å². The number of pyridine rings is 1. The zero-order valence-electron chi connectivity index (χ0n) is 8.57. The van der Waals surface area contributed by atoms with Gasteiger partial charge in [0.15, 0.2) is 0 Å². The van der Waals surface area contributed by atoms with Crippen molar-refractivity contribution in [1.82, 2.24) is 4.98 Å². The van der Waals surface area contributed by atoms with Gasteiger partial charge in [-0.15, -0.1) is 0 Å². The quantitative estimate of drug-likeness (QED) is 0.847. The lowest BCUT2D eigenvalue weighted by molar-refractivity contribution is 0.259. The van der Waals surface area contributed by atoms with Gasteiger partial charge in [0.2, 0.25) is 5.88 Å². The number of nitrogens with two attached hydrogens (primary N) is 1. The van der Waals surface area contributed by atoms with Crippen LogP contribution in [-0.4, -0.2) is 17.6 Å². The molecule has 86 valence electrons. The van der Waals surface area contributed by atoms with E-state index >= 15 is 0 Å². The number of nitrogens with zero attached hydrogens (tertiary/aromatic N) is 1. The van der Waals surface area contributed by atoms with E-state index in [0.29, 0.717) is 29.1 Å². The normalized spacial score (nSPS) is 14.6. The predicted molar refractivity (Wildman–Crippen MR) is 60.7 cm³/mol. The Hall–Kier alpha value is -1.49. The first-order valence-electron chi connectivity index (χ1n) is 5.00. The minimum absolute atomic E-state index is 0.368. The maximum atomic E-state index is 10.6. The molecular formula is C10H12ClN3O2. The molecule has 0 bridgehead atoms. The second-order valence-corrected chi connectivity index (χ2v) is 4.16. The molecule has 6 heteroatoms. The number of amides is 2. The van der Waals surface area contributed by atoms with Crippen LogP contribution in [0, 0.1) is 5.92 Å². The van der Waals surface area contributed by atoms with Crippen LogP contribution in [0.1, 0.15) is 12.8 Å². The Bertz CT molecular complexity index is 407. The summed E-state index contributed by atoms with van der Waals surface area (Å²) < 4.78 is 5.43. The molecule has 0 aromatic carbocycles. The average molecular weight is 242 g/mol. The zero-order valence-corrected chi connectivity index (χ0v) is 9.33. The minimum atomic E-state index is -0.649. The van der Waals surface area contributed by atoms with E-state index in [0.717, 1.165) is 0 Å². The van der Waals surface area contributed by atoms with Crippen molar-refractivity contribution >= 4 is 23.3 Å². The van der Waals surface area contributed by atoms with Crippen molar-refractivity contribution in [3.05, 3.63) is 17.3 Å². The standard InChI is InChI=1S/C10H12ClN3O2/c11-8-3-7(14-10(12)15)4-13-9(8)16-5-6-1-2-6/h3-4,6H,1-2,5H2,(H3,12,14,15). The number of nitrogens with one attached hydrogen (secondary N) is 1. The van der Waals surface area contributed by atoms with Gasteiger partial charge in [0.1, 0.15) is 5.02 Å². The Labute approximate surface area is 97.9 Å². The summed E-state index contributed by atoms with van der Waals surface area (Å²) in [5.41, 5.74) is 5.42. The monoisotopic (exact) mass is 241 g/mol. The third kappa shape index (κ3) is 3.00. The van der Waals surface area contributed by atoms with Crippen molar-refractivity contribution in [2.45, 2.75) is 12.8 Å². The van der Waals surface area contributed by atoms with Gasteiger partial charge in [0.05, 0.1) is 18.5 Å². The van der Waals surface area contributed by atoms with Crippen molar-refractivity contribution < 1.29 is 9.53 Å². The van der Waals surface area contributed by atoms with Gasteiger partial charge in [-0.1, -0.05) is 11.6 Å². The molecule has 3 N–H and O–H groups in total. The Kier molecular flexibility index (Phi) is 3.14. The van der Waals surface area contributed by atoms with Gasteiger partial charge in [-0.3, -0.25) is 0 Å². The zero-order chi connectivity index (χ0) is 11.5. The van der Waals surface area contributed by atoms with Crippen LogP contribution >= 0.6 is 11.6 Å². The fourth-order valence-electron chi connectivity index (χ4n) is 1.22. The number of primary amides is 1. The van der Waals surface area contributed by atoms with E-state index in [9.17, 15) is 4.79 Å². The van der Waals surface area contributed by atoms with Crippen molar-refractivity contribution in [2.24, 2.45) is 11.7 Å². The molecule has 0 saturated heterocycles. The van der Waals surface area contributed by atoms with E-state index in [2.05, 4.69) is 10.3 Å². The van der Waals surface area contributed by atoms with E-state index < -0.39 is 6.03 Å². The summed E-state index contributed by atoms with van der Waals surface area (Å²) in [6.07, 6.45) is 3.87. The SMILES string of the molecule is NC(=O)Nc1cnc(OCC2CC2)c(Cl)c1. The van der Waals surface area contributed by atoms with E-state index in [4.69, 9.17) is 22.1 Å². The van der Waals surface area contributed by atoms with Gasteiger partial charge in [-0.05, 0) is 24.8 Å². The molecule has 0 radical (unpaired) electrons. The first-order valence-corrected chi connectivity index (χ1v) is 5.38. The maximum absolute atomic E-state index is 10.6. The second kappa shape index (κ2) is 4.57. The van der Waals surface area contributed by atoms with E-state index in [1.807, 2.05) is 0 Å². The third-order valence-corrected chi connectivity index (χ3v) is 2.50. The van der Waals surface area contributed by atoms with Crippen molar-refractivity contribution in [2.75, 3.05) is 11.9 Å². The molecule has 1 fully saturated rings. The van der Waals surface area contributed by atoms with Gasteiger partial charge in [0.25, 0.3) is 0 Å². The summed E-state index contributed by atoms with van der Waals surface area (Å²) in [5, 5.41) is 2.75. The largest absolute Gasteiger partial charge is 0.476 e. The molecule has 1 heterocycles. The molecule has 0 spiro atoms. The van der Waals surface area contributed by atoms with Crippen molar-refractivity contribution in [3.63, 3.8) is 0 Å². The molecule has 2 rings (SSSR count). The Morgan fingerprint density at radius 1 is 1.69 bits per heavy atom. The summed E-state index contributed by atoms with van der Waals surface area (Å²) in [4.78, 5) is 14.6. The smallest absolute Gasteiger partial charge is 0.316 e. The topological polar surface area (TPSA) is 77.2 Å². The second-order valence-electron chi connectivity index (χ2n) is 3.75. The number of anilines is 1. The number of halogens is 1. The molecule has 1 aromatic heterocycles. The number of ether oxygens (including phenoxy) is 1. The predicted octanol–water partition coefficient (Wildman–Crippen LogP) is 2.01. The molecular weight excluding hydrogens is 230 g/mol. The molecule has 0 unspecified atom stereocenters. The fourth-order valence-corrected chi connectivity index (χ4v) is 1.44. The number of carbonyl (C=O) groups excluding carboxylic acids is 1. The van der Waals surface area contributed by atoms with E-state index in [-0.39, 0.29) is 0 Å². The molecule has 0 aliphatic heterocycles. The summed E-state index contributed by atoms with van der Waals surface area (Å²) in [6, 6.07) is 0.908.